The van der Waals surface area contributed by atoms with Crippen molar-refractivity contribution in [2.24, 2.45) is 0 Å². The molecule has 1 N–H and O–H groups in total. The molecule has 3 aromatic heterocycles. The Morgan fingerprint density at radius 1 is 1.02 bits per heavy atom. The zero-order chi connectivity index (χ0) is 33.3. The Kier molecular flexibility index (Phi) is 9.12. The molecule has 0 unspecified atom stereocenters. The van der Waals surface area contributed by atoms with Crippen molar-refractivity contribution >= 4 is 34.9 Å². The largest absolute Gasteiger partial charge is 0.455 e. The number of ketones is 1. The van der Waals surface area contributed by atoms with Crippen LogP contribution in [0.5, 0.6) is 0 Å². The number of benzene rings is 2. The highest BCUT2D eigenvalue weighted by atomic mass is 35.5. The van der Waals surface area contributed by atoms with E-state index in [4.69, 9.17) is 23.2 Å². The van der Waals surface area contributed by atoms with E-state index in [1.807, 2.05) is 0 Å². The molecule has 0 radical (unpaired) electrons. The van der Waals surface area contributed by atoms with Crippen LogP contribution in [0.4, 0.5) is 26.3 Å². The Balaban J connectivity index is 1.47. The minimum absolute atomic E-state index is 0.0245. The highest BCUT2D eigenvalue weighted by Crippen LogP contribution is 2.27. The van der Waals surface area contributed by atoms with Gasteiger partial charge in [-0.05, 0) is 59.7 Å². The SMILES string of the molecule is Cc1cc(Cl)cc(C(=O)NCc2cc(F)cc(F)c2F)c1CC(=O)c1cc(Cn2nnc(C(F)(F)F)n2)nn1-c1ncccc1Cl. The second-order valence-electron chi connectivity index (χ2n) is 9.77. The predicted octanol–water partition coefficient (Wildman–Crippen LogP) is 5.71. The van der Waals surface area contributed by atoms with E-state index >= 15 is 0 Å². The summed E-state index contributed by atoms with van der Waals surface area (Å²) < 4.78 is 81.4. The molecule has 0 aliphatic heterocycles. The maximum absolute atomic E-state index is 14.2. The second-order valence-corrected chi connectivity index (χ2v) is 10.6. The summed E-state index contributed by atoms with van der Waals surface area (Å²) in [6.45, 7) is 0.588. The lowest BCUT2D eigenvalue weighted by atomic mass is 9.95. The van der Waals surface area contributed by atoms with Crippen LogP contribution in [-0.4, -0.2) is 46.7 Å². The van der Waals surface area contributed by atoms with Crippen LogP contribution in [-0.2, 0) is 25.7 Å². The number of pyridine rings is 1. The highest BCUT2D eigenvalue weighted by Gasteiger charge is 2.37. The second kappa shape index (κ2) is 12.9. The zero-order valence-electron chi connectivity index (χ0n) is 23.2. The third-order valence-electron chi connectivity index (χ3n) is 6.52. The molecule has 0 aliphatic rings. The summed E-state index contributed by atoms with van der Waals surface area (Å²) in [5.74, 6) is -6.71. The van der Waals surface area contributed by atoms with Crippen LogP contribution in [0.1, 0.15) is 49.1 Å². The molecule has 5 aromatic rings. The van der Waals surface area contributed by atoms with Crippen LogP contribution >= 0.6 is 23.2 Å². The molecule has 46 heavy (non-hydrogen) atoms. The van der Waals surface area contributed by atoms with E-state index in [9.17, 15) is 35.9 Å². The molecule has 0 spiro atoms. The van der Waals surface area contributed by atoms with Crippen LogP contribution < -0.4 is 5.32 Å². The number of carbonyl (C=O) groups excluding carboxylic acids is 2. The number of nitrogens with zero attached hydrogens (tertiary/aromatic N) is 7. The quantitative estimate of drug-likeness (QED) is 0.120. The third-order valence-corrected chi connectivity index (χ3v) is 7.04. The average molecular weight is 683 g/mol. The van der Waals surface area contributed by atoms with Crippen molar-refractivity contribution in [3.63, 3.8) is 0 Å². The van der Waals surface area contributed by atoms with E-state index in [1.54, 1.807) is 6.92 Å². The van der Waals surface area contributed by atoms with Crippen LogP contribution in [0.15, 0.2) is 48.7 Å². The van der Waals surface area contributed by atoms with Crippen LogP contribution in [0, 0.1) is 24.4 Å². The number of hydrogen-bond donors (Lipinski definition) is 1. The fourth-order valence-corrected chi connectivity index (χ4v) is 4.91. The zero-order valence-corrected chi connectivity index (χ0v) is 24.7. The minimum atomic E-state index is -4.83. The Morgan fingerprint density at radius 3 is 2.48 bits per heavy atom. The molecule has 3 heterocycles. The number of amides is 1. The molecule has 0 aliphatic carbocycles. The number of carbonyl (C=O) groups is 2. The molecule has 0 saturated carbocycles. The van der Waals surface area contributed by atoms with Crippen molar-refractivity contribution in [3.8, 4) is 5.82 Å². The predicted molar refractivity (Wildman–Crippen MR) is 150 cm³/mol. The number of nitrogens with one attached hydrogen (secondary N) is 1. The fourth-order valence-electron chi connectivity index (χ4n) is 4.44. The number of alkyl halides is 3. The molecular formula is C28H18Cl2F6N8O2. The summed E-state index contributed by atoms with van der Waals surface area (Å²) >= 11 is 12.5. The summed E-state index contributed by atoms with van der Waals surface area (Å²) in [5.41, 5.74) is 0.0325. The topological polar surface area (TPSA) is 120 Å². The van der Waals surface area contributed by atoms with Gasteiger partial charge in [-0.1, -0.05) is 23.2 Å². The van der Waals surface area contributed by atoms with Gasteiger partial charge in [0.05, 0.1) is 10.7 Å². The molecule has 2 aromatic carbocycles. The molecule has 1 amide bonds. The number of hydrogen-bond acceptors (Lipinski definition) is 7. The normalized spacial score (nSPS) is 11.6. The van der Waals surface area contributed by atoms with Gasteiger partial charge in [0.25, 0.3) is 11.7 Å². The fraction of sp³-hybridized carbons (Fsp3) is 0.179. The maximum atomic E-state index is 14.2. The molecule has 18 heteroatoms. The average Bonchev–Trinajstić information content (AvgIpc) is 3.63. The van der Waals surface area contributed by atoms with Gasteiger partial charge in [0.15, 0.2) is 23.2 Å². The molecular weight excluding hydrogens is 665 g/mol. The van der Waals surface area contributed by atoms with Crippen LogP contribution in [0.25, 0.3) is 5.82 Å². The van der Waals surface area contributed by atoms with Crippen molar-refractivity contribution < 1.29 is 35.9 Å². The van der Waals surface area contributed by atoms with Crippen LogP contribution in [0.2, 0.25) is 10.0 Å². The number of rotatable bonds is 9. The first-order valence-corrected chi connectivity index (χ1v) is 13.8. The molecule has 5 rings (SSSR count). The van der Waals surface area contributed by atoms with E-state index < -0.39 is 66.2 Å². The van der Waals surface area contributed by atoms with Crippen molar-refractivity contribution in [1.29, 1.82) is 0 Å². The van der Waals surface area contributed by atoms with Gasteiger partial charge in [-0.3, -0.25) is 9.59 Å². The number of Topliss-reactive ketones (excluding diaryl/α,β-unsaturated/α-hetero) is 1. The van der Waals surface area contributed by atoms with Crippen molar-refractivity contribution in [1.82, 2.24) is 40.3 Å². The van der Waals surface area contributed by atoms with Crippen molar-refractivity contribution in [2.75, 3.05) is 0 Å². The van der Waals surface area contributed by atoms with E-state index in [-0.39, 0.29) is 38.4 Å². The lowest BCUT2D eigenvalue weighted by Gasteiger charge is -2.14. The summed E-state index contributed by atoms with van der Waals surface area (Å²) in [5, 5.41) is 16.6. The highest BCUT2D eigenvalue weighted by molar-refractivity contribution is 6.32. The Hall–Kier alpha value is -4.83. The summed E-state index contributed by atoms with van der Waals surface area (Å²) in [6, 6.07) is 8.14. The van der Waals surface area contributed by atoms with Crippen LogP contribution in [0.3, 0.4) is 0 Å². The first-order chi connectivity index (χ1) is 21.7. The van der Waals surface area contributed by atoms with E-state index in [0.29, 0.717) is 16.4 Å². The smallest absolute Gasteiger partial charge is 0.348 e. The summed E-state index contributed by atoms with van der Waals surface area (Å²) in [7, 11) is 0. The summed E-state index contributed by atoms with van der Waals surface area (Å²) in [4.78, 5) is 31.8. The van der Waals surface area contributed by atoms with Crippen molar-refractivity contribution in [3.05, 3.63) is 116 Å². The molecule has 0 bridgehead atoms. The number of tetrazole rings is 1. The lowest BCUT2D eigenvalue weighted by Crippen LogP contribution is -2.26. The Labute approximate surface area is 264 Å². The van der Waals surface area contributed by atoms with E-state index in [1.165, 1.54) is 36.5 Å². The number of aryl methyl sites for hydroxylation is 1. The van der Waals surface area contributed by atoms with Gasteiger partial charge >= 0.3 is 6.18 Å². The van der Waals surface area contributed by atoms with E-state index in [0.717, 1.165) is 10.7 Å². The first-order valence-electron chi connectivity index (χ1n) is 13.0. The van der Waals surface area contributed by atoms with Gasteiger partial charge < -0.3 is 5.32 Å². The first kappa shape index (κ1) is 32.6. The summed E-state index contributed by atoms with van der Waals surface area (Å²) in [6.07, 6.45) is -3.88. The molecule has 10 nitrogen and oxygen atoms in total. The number of halogens is 8. The standard InChI is InChI=1S/C28H18Cl2F6N8O2/c1-13-5-15(29)7-19(26(46)38-11-14-6-16(31)8-21(32)24(14)33)18(13)10-23(45)22-9-17(12-43-41-27(39-42-43)28(34,35)36)40-44(22)25-20(30)3-2-4-37-25/h2-9H,10-12H2,1H3,(H,38,46). The van der Waals surface area contributed by atoms with Gasteiger partial charge in [0.2, 0.25) is 0 Å². The Bertz CT molecular complexity index is 1980. The Morgan fingerprint density at radius 2 is 1.78 bits per heavy atom. The van der Waals surface area contributed by atoms with Gasteiger partial charge in [-0.25, -0.2) is 22.8 Å². The minimum Gasteiger partial charge on any atom is -0.348 e. The van der Waals surface area contributed by atoms with Crippen molar-refractivity contribution in [2.45, 2.75) is 32.6 Å². The molecule has 0 atom stereocenters. The molecule has 0 fully saturated rings. The van der Waals surface area contributed by atoms with Gasteiger partial charge in [0.1, 0.15) is 18.1 Å². The lowest BCUT2D eigenvalue weighted by molar-refractivity contribution is -0.145. The van der Waals surface area contributed by atoms with Gasteiger partial charge in [-0.2, -0.15) is 23.1 Å². The monoisotopic (exact) mass is 682 g/mol. The molecule has 238 valence electrons. The molecule has 0 saturated heterocycles. The third kappa shape index (κ3) is 7.02. The van der Waals surface area contributed by atoms with Gasteiger partial charge in [0, 0.05) is 41.4 Å². The van der Waals surface area contributed by atoms with E-state index in [2.05, 4.69) is 30.8 Å². The van der Waals surface area contributed by atoms with Gasteiger partial charge in [-0.15, -0.1) is 10.2 Å². The number of aromatic nitrogens is 7. The maximum Gasteiger partial charge on any atom is 0.455 e.